The molecule has 0 N–H and O–H groups in total. The molecule has 26 heavy (non-hydrogen) atoms. The molecule has 0 spiro atoms. The molecular formula is C19H24N4O3. The van der Waals surface area contributed by atoms with E-state index < -0.39 is 0 Å². The number of ether oxygens (including phenoxy) is 2. The molecule has 1 fully saturated rings. The summed E-state index contributed by atoms with van der Waals surface area (Å²) in [6.45, 7) is 3.08. The molecule has 1 aromatic carbocycles. The first-order chi connectivity index (χ1) is 12.8. The topological polar surface area (TPSA) is 69.5 Å². The Morgan fingerprint density at radius 3 is 3.08 bits per heavy atom. The van der Waals surface area contributed by atoms with E-state index in [-0.39, 0.29) is 18.1 Å². The van der Waals surface area contributed by atoms with Crippen molar-refractivity contribution < 1.29 is 14.3 Å². The lowest BCUT2D eigenvalue weighted by atomic mass is 10.00. The fourth-order valence-corrected chi connectivity index (χ4v) is 3.66. The van der Waals surface area contributed by atoms with Crippen LogP contribution >= 0.6 is 0 Å². The molecule has 2 aromatic rings. The second kappa shape index (κ2) is 7.97. The molecule has 2 aliphatic rings. The lowest BCUT2D eigenvalue weighted by Gasteiger charge is -2.41. The first kappa shape index (κ1) is 17.2. The third-order valence-electron chi connectivity index (χ3n) is 5.08. The van der Waals surface area contributed by atoms with Crippen molar-refractivity contribution in [1.82, 2.24) is 19.9 Å². The number of aromatic nitrogens is 3. The van der Waals surface area contributed by atoms with Gasteiger partial charge in [-0.05, 0) is 18.4 Å². The van der Waals surface area contributed by atoms with Crippen molar-refractivity contribution in [3.63, 3.8) is 0 Å². The largest absolute Gasteiger partial charge is 0.377 e. The Balaban J connectivity index is 1.19. The molecule has 1 saturated heterocycles. The van der Waals surface area contributed by atoms with Gasteiger partial charge in [0.05, 0.1) is 37.3 Å². The molecular weight excluding hydrogens is 332 g/mol. The molecule has 1 aromatic heterocycles. The Bertz CT molecular complexity index is 733. The molecule has 0 saturated carbocycles. The van der Waals surface area contributed by atoms with Gasteiger partial charge >= 0.3 is 0 Å². The Kier molecular flexibility index (Phi) is 5.26. The van der Waals surface area contributed by atoms with Crippen LogP contribution in [-0.4, -0.2) is 51.6 Å². The lowest BCUT2D eigenvalue weighted by molar-refractivity contribution is -0.140. The van der Waals surface area contributed by atoms with Crippen LogP contribution in [0.2, 0.25) is 0 Å². The van der Waals surface area contributed by atoms with E-state index in [0.717, 1.165) is 30.6 Å². The van der Waals surface area contributed by atoms with Gasteiger partial charge in [0.1, 0.15) is 0 Å². The van der Waals surface area contributed by atoms with Gasteiger partial charge in [0, 0.05) is 26.1 Å². The number of nitrogens with zero attached hydrogens (tertiary/aromatic N) is 4. The monoisotopic (exact) mass is 356 g/mol. The van der Waals surface area contributed by atoms with Crippen LogP contribution in [0, 0.1) is 0 Å². The van der Waals surface area contributed by atoms with Crippen molar-refractivity contribution in [3.8, 4) is 0 Å². The van der Waals surface area contributed by atoms with Gasteiger partial charge in [0.15, 0.2) is 0 Å². The molecule has 2 atom stereocenters. The number of hydrogen-bond donors (Lipinski definition) is 0. The van der Waals surface area contributed by atoms with Crippen molar-refractivity contribution in [2.24, 2.45) is 0 Å². The molecule has 1 amide bonds. The van der Waals surface area contributed by atoms with E-state index in [4.69, 9.17) is 9.47 Å². The van der Waals surface area contributed by atoms with Gasteiger partial charge < -0.3 is 14.4 Å². The van der Waals surface area contributed by atoms with Gasteiger partial charge in [0.2, 0.25) is 5.91 Å². The molecule has 4 rings (SSSR count). The Labute approximate surface area is 152 Å². The van der Waals surface area contributed by atoms with Gasteiger partial charge in [-0.25, -0.2) is 4.68 Å². The highest BCUT2D eigenvalue weighted by Crippen LogP contribution is 2.30. The van der Waals surface area contributed by atoms with E-state index in [1.165, 1.54) is 0 Å². The summed E-state index contributed by atoms with van der Waals surface area (Å²) in [6, 6.07) is 10.3. The Morgan fingerprint density at radius 2 is 2.19 bits per heavy atom. The smallest absolute Gasteiger partial charge is 0.222 e. The van der Waals surface area contributed by atoms with E-state index in [1.54, 1.807) is 6.20 Å². The summed E-state index contributed by atoms with van der Waals surface area (Å²) in [5.74, 6) is 0.180. The van der Waals surface area contributed by atoms with Gasteiger partial charge in [0.25, 0.3) is 0 Å². The molecule has 0 aliphatic carbocycles. The molecule has 0 unspecified atom stereocenters. The zero-order valence-electron chi connectivity index (χ0n) is 14.8. The summed E-state index contributed by atoms with van der Waals surface area (Å²) < 4.78 is 13.5. The summed E-state index contributed by atoms with van der Waals surface area (Å²) in [5, 5.41) is 8.14. The van der Waals surface area contributed by atoms with Gasteiger partial charge in [-0.1, -0.05) is 35.5 Å². The average Bonchev–Trinajstić information content (AvgIpc) is 3.17. The van der Waals surface area contributed by atoms with Crippen molar-refractivity contribution in [1.29, 1.82) is 0 Å². The van der Waals surface area contributed by atoms with Crippen molar-refractivity contribution in [3.05, 3.63) is 47.8 Å². The SMILES string of the molecule is O=C(CCCOCc1ccccc1)N1CC[C@H]2[C@H](C1)OCc1cnnn12. The number of rotatable bonds is 6. The standard InChI is InChI=1S/C19H24N4O3/c24-19(7-4-10-25-13-15-5-2-1-3-6-15)22-9-8-17-18(12-22)26-14-16-11-20-21-23(16)17/h1-3,5-6,11,17-18H,4,7-10,12-14H2/t17-,18-/m0/s1. The number of amides is 1. The normalized spacial score (nSPS) is 21.9. The zero-order valence-corrected chi connectivity index (χ0v) is 14.8. The van der Waals surface area contributed by atoms with Gasteiger partial charge in [-0.2, -0.15) is 0 Å². The molecule has 0 bridgehead atoms. The number of hydrogen-bond acceptors (Lipinski definition) is 5. The maximum Gasteiger partial charge on any atom is 0.222 e. The van der Waals surface area contributed by atoms with Crippen LogP contribution in [0.15, 0.2) is 36.5 Å². The summed E-state index contributed by atoms with van der Waals surface area (Å²) in [5.41, 5.74) is 2.17. The van der Waals surface area contributed by atoms with Crippen molar-refractivity contribution >= 4 is 5.91 Å². The molecule has 7 nitrogen and oxygen atoms in total. The van der Waals surface area contributed by atoms with Crippen LogP contribution in [0.5, 0.6) is 0 Å². The third kappa shape index (κ3) is 3.78. The molecule has 2 aliphatic heterocycles. The van der Waals surface area contributed by atoms with E-state index in [0.29, 0.717) is 32.8 Å². The maximum atomic E-state index is 12.5. The lowest BCUT2D eigenvalue weighted by Crippen LogP contribution is -2.50. The van der Waals surface area contributed by atoms with E-state index in [9.17, 15) is 4.79 Å². The number of likely N-dealkylation sites (tertiary alicyclic amines) is 1. The molecule has 138 valence electrons. The van der Waals surface area contributed by atoms with Crippen molar-refractivity contribution in [2.75, 3.05) is 19.7 Å². The molecule has 3 heterocycles. The quantitative estimate of drug-likeness (QED) is 0.740. The summed E-state index contributed by atoms with van der Waals surface area (Å²) in [6.07, 6.45) is 3.88. The molecule has 0 radical (unpaired) electrons. The van der Waals surface area contributed by atoms with Crippen LogP contribution in [0.1, 0.15) is 36.6 Å². The zero-order chi connectivity index (χ0) is 17.8. The summed E-state index contributed by atoms with van der Waals surface area (Å²) in [7, 11) is 0. The minimum atomic E-state index is 0.0104. The van der Waals surface area contributed by atoms with Gasteiger partial charge in [-0.15, -0.1) is 5.10 Å². The fourth-order valence-electron chi connectivity index (χ4n) is 3.66. The first-order valence-electron chi connectivity index (χ1n) is 9.21. The highest BCUT2D eigenvalue weighted by atomic mass is 16.5. The number of carbonyl (C=O) groups is 1. The minimum Gasteiger partial charge on any atom is -0.377 e. The van der Waals surface area contributed by atoms with Crippen LogP contribution in [-0.2, 0) is 27.5 Å². The second-order valence-electron chi connectivity index (χ2n) is 6.86. The summed E-state index contributed by atoms with van der Waals surface area (Å²) >= 11 is 0. The van der Waals surface area contributed by atoms with Crippen LogP contribution in [0.3, 0.4) is 0 Å². The number of carbonyl (C=O) groups excluding carboxylic acids is 1. The van der Waals surface area contributed by atoms with E-state index >= 15 is 0 Å². The van der Waals surface area contributed by atoms with E-state index in [1.807, 2.05) is 39.9 Å². The van der Waals surface area contributed by atoms with Crippen molar-refractivity contribution in [2.45, 2.75) is 44.6 Å². The van der Waals surface area contributed by atoms with Crippen LogP contribution in [0.4, 0.5) is 0 Å². The molecule has 7 heteroatoms. The predicted molar refractivity (Wildman–Crippen MR) is 94.2 cm³/mol. The predicted octanol–water partition coefficient (Wildman–Crippen LogP) is 1.95. The fraction of sp³-hybridized carbons (Fsp3) is 0.526. The Hall–Kier alpha value is -2.25. The summed E-state index contributed by atoms with van der Waals surface area (Å²) in [4.78, 5) is 14.4. The second-order valence-corrected chi connectivity index (χ2v) is 6.86. The minimum absolute atomic E-state index is 0.0104. The number of benzene rings is 1. The van der Waals surface area contributed by atoms with Crippen LogP contribution < -0.4 is 0 Å². The third-order valence-corrected chi connectivity index (χ3v) is 5.08. The highest BCUT2D eigenvalue weighted by molar-refractivity contribution is 5.76. The van der Waals surface area contributed by atoms with Gasteiger partial charge in [-0.3, -0.25) is 4.79 Å². The first-order valence-corrected chi connectivity index (χ1v) is 9.21. The highest BCUT2D eigenvalue weighted by Gasteiger charge is 2.37. The number of piperidine rings is 1. The maximum absolute atomic E-state index is 12.5. The number of fused-ring (bicyclic) bond motifs is 3. The Morgan fingerprint density at radius 1 is 1.31 bits per heavy atom. The average molecular weight is 356 g/mol. The van der Waals surface area contributed by atoms with Crippen LogP contribution in [0.25, 0.3) is 0 Å². The van der Waals surface area contributed by atoms with E-state index in [2.05, 4.69) is 10.3 Å².